The van der Waals surface area contributed by atoms with Gasteiger partial charge in [0.1, 0.15) is 11.4 Å². The van der Waals surface area contributed by atoms with E-state index in [0.717, 1.165) is 0 Å². The summed E-state index contributed by atoms with van der Waals surface area (Å²) in [5.41, 5.74) is 1.25. The number of nitro groups is 1. The summed E-state index contributed by atoms with van der Waals surface area (Å²) in [4.78, 5) is 38.7. The number of hydrogen-bond donors (Lipinski definition) is 0. The molecule has 0 aliphatic carbocycles. The minimum absolute atomic E-state index is 0.0563. The van der Waals surface area contributed by atoms with Gasteiger partial charge in [0.25, 0.3) is 11.6 Å². The van der Waals surface area contributed by atoms with E-state index >= 15 is 0 Å². The molecule has 5 rings (SSSR count). The van der Waals surface area contributed by atoms with Crippen LogP contribution < -0.4 is 5.43 Å². The molecule has 0 bridgehead atoms. The highest BCUT2D eigenvalue weighted by molar-refractivity contribution is 5.99. The van der Waals surface area contributed by atoms with Crippen LogP contribution in [0.5, 0.6) is 0 Å². The Kier molecular flexibility index (Phi) is 4.55. The minimum Gasteiger partial charge on any atom is -0.450 e. The molecular weight excluding hydrogens is 415 g/mol. The van der Waals surface area contributed by atoms with Gasteiger partial charge in [-0.25, -0.2) is 4.39 Å². The second-order valence-corrected chi connectivity index (χ2v) is 7.48. The summed E-state index contributed by atoms with van der Waals surface area (Å²) in [6.07, 6.45) is 0. The third kappa shape index (κ3) is 3.13. The van der Waals surface area contributed by atoms with Crippen LogP contribution in [0.3, 0.4) is 0 Å². The number of nitrogens with zero attached hydrogens (tertiary/aromatic N) is 2. The number of rotatable bonds is 4. The van der Waals surface area contributed by atoms with E-state index in [4.69, 9.17) is 4.42 Å². The standard InChI is InChI=1S/C24H15FN2O5/c25-16-9-5-14(6-10-16)13-26-21(15-7-11-17(12-8-15)27(30)31)20-22(28)18-3-1-2-4-19(18)32-23(20)24(26)29/h1-12,21H,13H2/t21-/m1/s1. The van der Waals surface area contributed by atoms with Crippen LogP contribution in [-0.2, 0) is 6.54 Å². The van der Waals surface area contributed by atoms with Crippen molar-refractivity contribution in [3.05, 3.63) is 121 Å². The Morgan fingerprint density at radius 2 is 1.66 bits per heavy atom. The van der Waals surface area contributed by atoms with Crippen LogP contribution in [0.15, 0.2) is 82.0 Å². The van der Waals surface area contributed by atoms with Gasteiger partial charge in [-0.3, -0.25) is 19.7 Å². The van der Waals surface area contributed by atoms with Gasteiger partial charge in [-0.1, -0.05) is 24.3 Å². The Bertz CT molecular complexity index is 1430. The van der Waals surface area contributed by atoms with Crippen molar-refractivity contribution in [2.24, 2.45) is 0 Å². The second kappa shape index (κ2) is 7.42. The van der Waals surface area contributed by atoms with Gasteiger partial charge < -0.3 is 9.32 Å². The summed E-state index contributed by atoms with van der Waals surface area (Å²) in [6.45, 7) is 0.0980. The van der Waals surface area contributed by atoms with Crippen LogP contribution in [0, 0.1) is 15.9 Å². The van der Waals surface area contributed by atoms with Crippen LogP contribution in [0.4, 0.5) is 10.1 Å². The van der Waals surface area contributed by atoms with Crippen LogP contribution in [0.2, 0.25) is 0 Å². The molecule has 1 aromatic heterocycles. The average Bonchev–Trinajstić information content (AvgIpc) is 3.07. The number of nitro benzene ring substituents is 1. The van der Waals surface area contributed by atoms with Crippen molar-refractivity contribution in [2.45, 2.75) is 12.6 Å². The number of fused-ring (bicyclic) bond motifs is 2. The zero-order valence-corrected chi connectivity index (χ0v) is 16.5. The number of non-ortho nitro benzene ring substituents is 1. The van der Waals surface area contributed by atoms with Crippen LogP contribution in [0.1, 0.15) is 33.3 Å². The molecule has 1 atom stereocenters. The van der Waals surface area contributed by atoms with E-state index in [9.17, 15) is 24.1 Å². The van der Waals surface area contributed by atoms with Gasteiger partial charge in [0, 0.05) is 18.7 Å². The number of para-hydroxylation sites is 1. The summed E-state index contributed by atoms with van der Waals surface area (Å²) in [7, 11) is 0. The van der Waals surface area contributed by atoms with Crippen molar-refractivity contribution in [3.63, 3.8) is 0 Å². The average molecular weight is 430 g/mol. The molecule has 0 saturated heterocycles. The third-order valence-corrected chi connectivity index (χ3v) is 5.56. The highest BCUT2D eigenvalue weighted by Crippen LogP contribution is 2.39. The normalized spacial score (nSPS) is 15.2. The summed E-state index contributed by atoms with van der Waals surface area (Å²) in [6, 6.07) is 17.3. The molecule has 0 fully saturated rings. The van der Waals surface area contributed by atoms with E-state index in [1.165, 1.54) is 41.3 Å². The van der Waals surface area contributed by atoms with E-state index in [1.807, 2.05) is 0 Å². The Hall–Kier alpha value is -4.33. The molecule has 0 unspecified atom stereocenters. The molecule has 0 spiro atoms. The molecule has 158 valence electrons. The highest BCUT2D eigenvalue weighted by Gasteiger charge is 2.42. The number of benzene rings is 3. The number of amides is 1. The monoisotopic (exact) mass is 430 g/mol. The maximum absolute atomic E-state index is 13.4. The fourth-order valence-electron chi connectivity index (χ4n) is 4.04. The first-order valence-corrected chi connectivity index (χ1v) is 9.79. The van der Waals surface area contributed by atoms with Crippen molar-refractivity contribution in [2.75, 3.05) is 0 Å². The zero-order valence-electron chi connectivity index (χ0n) is 16.5. The van der Waals surface area contributed by atoms with Gasteiger partial charge >= 0.3 is 0 Å². The molecule has 4 aromatic rings. The quantitative estimate of drug-likeness (QED) is 0.349. The van der Waals surface area contributed by atoms with Crippen LogP contribution >= 0.6 is 0 Å². The maximum atomic E-state index is 13.4. The van der Waals surface area contributed by atoms with Gasteiger partial charge in [-0.05, 0) is 47.5 Å². The van der Waals surface area contributed by atoms with E-state index < -0.39 is 22.7 Å². The van der Waals surface area contributed by atoms with Gasteiger partial charge in [0.2, 0.25) is 5.76 Å². The summed E-state index contributed by atoms with van der Waals surface area (Å²) in [5, 5.41) is 11.4. The lowest BCUT2D eigenvalue weighted by molar-refractivity contribution is -0.384. The Balaban J connectivity index is 1.69. The van der Waals surface area contributed by atoms with Crippen molar-refractivity contribution in [3.8, 4) is 0 Å². The predicted molar refractivity (Wildman–Crippen MR) is 114 cm³/mol. The smallest absolute Gasteiger partial charge is 0.291 e. The van der Waals surface area contributed by atoms with Gasteiger partial charge in [0.05, 0.1) is 21.9 Å². The lowest BCUT2D eigenvalue weighted by Gasteiger charge is -2.25. The first-order valence-electron chi connectivity index (χ1n) is 9.79. The molecule has 8 heteroatoms. The topological polar surface area (TPSA) is 93.7 Å². The third-order valence-electron chi connectivity index (χ3n) is 5.56. The summed E-state index contributed by atoms with van der Waals surface area (Å²) in [5.74, 6) is -0.936. The first-order chi connectivity index (χ1) is 15.4. The molecule has 7 nitrogen and oxygen atoms in total. The van der Waals surface area contributed by atoms with Crippen molar-refractivity contribution in [1.82, 2.24) is 4.90 Å². The fraction of sp³-hybridized carbons (Fsp3) is 0.0833. The minimum atomic E-state index is -0.802. The molecule has 1 aliphatic rings. The number of hydrogen-bond acceptors (Lipinski definition) is 5. The first kappa shape index (κ1) is 19.6. The second-order valence-electron chi connectivity index (χ2n) is 7.48. The Labute approximate surface area is 180 Å². The van der Waals surface area contributed by atoms with Crippen molar-refractivity contribution in [1.29, 1.82) is 0 Å². The molecular formula is C24H15FN2O5. The molecule has 32 heavy (non-hydrogen) atoms. The van der Waals surface area contributed by atoms with Crippen molar-refractivity contribution >= 4 is 22.6 Å². The summed E-state index contributed by atoms with van der Waals surface area (Å²) >= 11 is 0. The van der Waals surface area contributed by atoms with Crippen molar-refractivity contribution < 1.29 is 18.5 Å². The fourth-order valence-corrected chi connectivity index (χ4v) is 4.04. The maximum Gasteiger partial charge on any atom is 0.291 e. The molecule has 3 aromatic carbocycles. The number of carbonyl (C=O) groups is 1. The molecule has 1 aliphatic heterocycles. The number of halogens is 1. The molecule has 1 amide bonds. The van der Waals surface area contributed by atoms with Gasteiger partial charge in [0.15, 0.2) is 5.43 Å². The molecule has 2 heterocycles. The number of carbonyl (C=O) groups excluding carboxylic acids is 1. The van der Waals surface area contributed by atoms with Crippen LogP contribution in [0.25, 0.3) is 11.0 Å². The van der Waals surface area contributed by atoms with E-state index in [1.54, 1.807) is 36.4 Å². The molecule has 0 radical (unpaired) electrons. The zero-order chi connectivity index (χ0) is 22.4. The highest BCUT2D eigenvalue weighted by atomic mass is 19.1. The van der Waals surface area contributed by atoms with E-state index in [2.05, 4.69) is 0 Å². The predicted octanol–water partition coefficient (Wildman–Crippen LogP) is 4.59. The Morgan fingerprint density at radius 3 is 2.34 bits per heavy atom. The summed E-state index contributed by atoms with van der Waals surface area (Å²) < 4.78 is 19.2. The molecule has 0 saturated carbocycles. The lowest BCUT2D eigenvalue weighted by Crippen LogP contribution is -2.29. The van der Waals surface area contributed by atoms with E-state index in [-0.39, 0.29) is 29.0 Å². The van der Waals surface area contributed by atoms with E-state index in [0.29, 0.717) is 22.1 Å². The lowest BCUT2D eigenvalue weighted by atomic mass is 9.98. The SMILES string of the molecule is O=C1c2oc3ccccc3c(=O)c2[C@@H](c2ccc([N+](=O)[O-])cc2)N1Cc1ccc(F)cc1. The molecule has 0 N–H and O–H groups in total. The van der Waals surface area contributed by atoms with Crippen LogP contribution in [-0.4, -0.2) is 15.7 Å². The van der Waals surface area contributed by atoms with Gasteiger partial charge in [-0.2, -0.15) is 0 Å². The Morgan fingerprint density at radius 1 is 0.969 bits per heavy atom. The largest absolute Gasteiger partial charge is 0.450 e. The van der Waals surface area contributed by atoms with Gasteiger partial charge in [-0.15, -0.1) is 0 Å².